The summed E-state index contributed by atoms with van der Waals surface area (Å²) >= 11 is 0. The third-order valence-corrected chi connectivity index (χ3v) is 3.51. The number of amides is 1. The van der Waals surface area contributed by atoms with Crippen LogP contribution in [0.2, 0.25) is 0 Å². The smallest absolute Gasteiger partial charge is 0.410 e. The van der Waals surface area contributed by atoms with Gasteiger partial charge >= 0.3 is 6.09 Å². The second-order valence-corrected chi connectivity index (χ2v) is 6.31. The van der Waals surface area contributed by atoms with E-state index in [9.17, 15) is 4.79 Å². The Labute approximate surface area is 103 Å². The number of hydrogen-bond acceptors (Lipinski definition) is 3. The van der Waals surface area contributed by atoms with Crippen LogP contribution in [-0.2, 0) is 9.47 Å². The Balaban J connectivity index is 1.97. The first-order chi connectivity index (χ1) is 7.90. The summed E-state index contributed by atoms with van der Waals surface area (Å²) in [6, 6.07) is 0. The van der Waals surface area contributed by atoms with E-state index in [1.165, 1.54) is 19.3 Å². The molecule has 2 fully saturated rings. The van der Waals surface area contributed by atoms with Crippen LogP contribution in [0.25, 0.3) is 0 Å². The molecule has 1 spiro atoms. The van der Waals surface area contributed by atoms with Crippen LogP contribution in [0.3, 0.4) is 0 Å². The van der Waals surface area contributed by atoms with Gasteiger partial charge in [0, 0.05) is 18.5 Å². The molecule has 2 aliphatic rings. The lowest BCUT2D eigenvalue weighted by molar-refractivity contribution is -0.00213. The van der Waals surface area contributed by atoms with Gasteiger partial charge in [0.05, 0.1) is 13.2 Å². The van der Waals surface area contributed by atoms with Gasteiger partial charge in [-0.15, -0.1) is 0 Å². The summed E-state index contributed by atoms with van der Waals surface area (Å²) in [5.74, 6) is 0. The van der Waals surface area contributed by atoms with Gasteiger partial charge in [-0.3, -0.25) is 0 Å². The first kappa shape index (κ1) is 12.7. The summed E-state index contributed by atoms with van der Waals surface area (Å²) in [5.41, 5.74) is -0.204. The molecule has 0 bridgehead atoms. The molecule has 1 saturated carbocycles. The fourth-order valence-electron chi connectivity index (χ4n) is 2.45. The largest absolute Gasteiger partial charge is 0.444 e. The summed E-state index contributed by atoms with van der Waals surface area (Å²) in [5, 5.41) is 0. The van der Waals surface area contributed by atoms with Crippen molar-refractivity contribution < 1.29 is 14.3 Å². The average molecular weight is 241 g/mol. The topological polar surface area (TPSA) is 38.8 Å². The number of ether oxygens (including phenoxy) is 2. The zero-order valence-electron chi connectivity index (χ0n) is 11.1. The lowest BCUT2D eigenvalue weighted by Crippen LogP contribution is -2.46. The van der Waals surface area contributed by atoms with Gasteiger partial charge in [0.15, 0.2) is 0 Å². The van der Waals surface area contributed by atoms with Crippen LogP contribution in [0.15, 0.2) is 0 Å². The van der Waals surface area contributed by atoms with Crippen LogP contribution in [0, 0.1) is 5.41 Å². The van der Waals surface area contributed by atoms with Crippen molar-refractivity contribution in [2.45, 2.75) is 45.6 Å². The van der Waals surface area contributed by atoms with E-state index in [0.29, 0.717) is 13.2 Å². The van der Waals surface area contributed by atoms with Gasteiger partial charge in [-0.1, -0.05) is 6.42 Å². The van der Waals surface area contributed by atoms with Gasteiger partial charge in [0.25, 0.3) is 0 Å². The molecule has 0 aromatic heterocycles. The standard InChI is InChI=1S/C13H23NO3/c1-12(2,3)17-11(15)14-7-8-16-10-13(9-14)5-4-6-13/h4-10H2,1-3H3. The van der Waals surface area contributed by atoms with Crippen molar-refractivity contribution in [1.29, 1.82) is 0 Å². The highest BCUT2D eigenvalue weighted by molar-refractivity contribution is 5.68. The van der Waals surface area contributed by atoms with Crippen molar-refractivity contribution in [3.63, 3.8) is 0 Å². The number of nitrogens with zero attached hydrogens (tertiary/aromatic N) is 1. The Morgan fingerprint density at radius 3 is 2.59 bits per heavy atom. The number of rotatable bonds is 0. The van der Waals surface area contributed by atoms with E-state index in [1.54, 1.807) is 0 Å². The van der Waals surface area contributed by atoms with Crippen molar-refractivity contribution in [2.75, 3.05) is 26.3 Å². The number of hydrogen-bond donors (Lipinski definition) is 0. The SMILES string of the molecule is CC(C)(C)OC(=O)N1CCOCC2(CCC2)C1. The van der Waals surface area contributed by atoms with Crippen LogP contribution in [0.5, 0.6) is 0 Å². The fraction of sp³-hybridized carbons (Fsp3) is 0.923. The third-order valence-electron chi connectivity index (χ3n) is 3.51. The first-order valence-electron chi connectivity index (χ1n) is 6.46. The molecule has 0 atom stereocenters. The maximum atomic E-state index is 12.0. The summed E-state index contributed by atoms with van der Waals surface area (Å²) in [6.07, 6.45) is 3.40. The molecule has 2 rings (SSSR count). The maximum absolute atomic E-state index is 12.0. The molecule has 0 aromatic carbocycles. The lowest BCUT2D eigenvalue weighted by Gasteiger charge is -2.42. The average Bonchev–Trinajstić information content (AvgIpc) is 2.35. The third kappa shape index (κ3) is 3.12. The van der Waals surface area contributed by atoms with E-state index in [-0.39, 0.29) is 11.5 Å². The minimum atomic E-state index is -0.420. The van der Waals surface area contributed by atoms with E-state index in [0.717, 1.165) is 13.2 Å². The minimum Gasteiger partial charge on any atom is -0.444 e. The number of carbonyl (C=O) groups is 1. The molecular formula is C13H23NO3. The highest BCUT2D eigenvalue weighted by Gasteiger charge is 2.42. The molecule has 0 radical (unpaired) electrons. The minimum absolute atomic E-state index is 0.200. The monoisotopic (exact) mass is 241 g/mol. The summed E-state index contributed by atoms with van der Waals surface area (Å²) in [7, 11) is 0. The lowest BCUT2D eigenvalue weighted by atomic mass is 9.69. The highest BCUT2D eigenvalue weighted by atomic mass is 16.6. The Hall–Kier alpha value is -0.770. The van der Waals surface area contributed by atoms with E-state index < -0.39 is 5.60 Å². The van der Waals surface area contributed by atoms with Gasteiger partial charge in [-0.05, 0) is 33.6 Å². The van der Waals surface area contributed by atoms with Crippen molar-refractivity contribution in [1.82, 2.24) is 4.90 Å². The van der Waals surface area contributed by atoms with Gasteiger partial charge in [-0.2, -0.15) is 0 Å². The van der Waals surface area contributed by atoms with Crippen molar-refractivity contribution in [3.8, 4) is 0 Å². The van der Waals surface area contributed by atoms with E-state index in [2.05, 4.69) is 0 Å². The quantitative estimate of drug-likeness (QED) is 0.654. The van der Waals surface area contributed by atoms with Crippen molar-refractivity contribution >= 4 is 6.09 Å². The molecule has 1 amide bonds. The maximum Gasteiger partial charge on any atom is 0.410 e. The molecule has 1 saturated heterocycles. The molecule has 0 unspecified atom stereocenters. The van der Waals surface area contributed by atoms with Crippen LogP contribution >= 0.6 is 0 Å². The predicted molar refractivity (Wildman–Crippen MR) is 64.9 cm³/mol. The Morgan fingerprint density at radius 1 is 1.35 bits per heavy atom. The molecule has 17 heavy (non-hydrogen) atoms. The molecule has 1 aliphatic heterocycles. The molecule has 4 heteroatoms. The first-order valence-corrected chi connectivity index (χ1v) is 6.46. The molecule has 4 nitrogen and oxygen atoms in total. The second-order valence-electron chi connectivity index (χ2n) is 6.31. The molecule has 0 aromatic rings. The van der Waals surface area contributed by atoms with E-state index >= 15 is 0 Å². The zero-order chi connectivity index (χ0) is 12.5. The van der Waals surface area contributed by atoms with Crippen LogP contribution in [0.4, 0.5) is 4.79 Å². The molecule has 98 valence electrons. The Morgan fingerprint density at radius 2 is 2.06 bits per heavy atom. The zero-order valence-corrected chi connectivity index (χ0v) is 11.1. The summed E-state index contributed by atoms with van der Waals surface area (Å²) in [6.45, 7) is 8.57. The van der Waals surface area contributed by atoms with E-state index in [1.807, 2.05) is 25.7 Å². The second kappa shape index (κ2) is 4.48. The highest BCUT2D eigenvalue weighted by Crippen LogP contribution is 2.42. The molecule has 1 heterocycles. The summed E-state index contributed by atoms with van der Waals surface area (Å²) in [4.78, 5) is 13.9. The van der Waals surface area contributed by atoms with Gasteiger partial charge in [-0.25, -0.2) is 4.79 Å². The predicted octanol–water partition coefficient (Wildman–Crippen LogP) is 2.42. The Kier molecular flexibility index (Phi) is 3.34. The van der Waals surface area contributed by atoms with Crippen LogP contribution in [0.1, 0.15) is 40.0 Å². The van der Waals surface area contributed by atoms with Crippen molar-refractivity contribution in [2.24, 2.45) is 5.41 Å². The van der Waals surface area contributed by atoms with Crippen molar-refractivity contribution in [3.05, 3.63) is 0 Å². The molecule has 0 N–H and O–H groups in total. The Bertz CT molecular complexity index is 292. The van der Waals surface area contributed by atoms with Gasteiger partial charge in [0.1, 0.15) is 5.60 Å². The van der Waals surface area contributed by atoms with Gasteiger partial charge in [0.2, 0.25) is 0 Å². The molecular weight excluding hydrogens is 218 g/mol. The van der Waals surface area contributed by atoms with Crippen LogP contribution in [-0.4, -0.2) is 42.9 Å². The van der Waals surface area contributed by atoms with Gasteiger partial charge < -0.3 is 14.4 Å². The normalized spacial score (nSPS) is 24.1. The summed E-state index contributed by atoms with van der Waals surface area (Å²) < 4.78 is 11.0. The van der Waals surface area contributed by atoms with Crippen LogP contribution < -0.4 is 0 Å². The fourth-order valence-corrected chi connectivity index (χ4v) is 2.45. The molecule has 1 aliphatic carbocycles. The van der Waals surface area contributed by atoms with E-state index in [4.69, 9.17) is 9.47 Å². The number of carbonyl (C=O) groups excluding carboxylic acids is 1.